The molecule has 146 valence electrons. The normalized spacial score (nSPS) is 16.9. The number of ether oxygens (including phenoxy) is 1. The van der Waals surface area contributed by atoms with Crippen molar-refractivity contribution >= 4 is 27.6 Å². The zero-order valence-corrected chi connectivity index (χ0v) is 16.5. The van der Waals surface area contributed by atoms with Crippen molar-refractivity contribution in [1.29, 1.82) is 0 Å². The van der Waals surface area contributed by atoms with Gasteiger partial charge in [0.15, 0.2) is 6.61 Å². The molecular weight excluding hydrogens is 380 g/mol. The Morgan fingerprint density at radius 2 is 1.86 bits per heavy atom. The minimum atomic E-state index is -3.68. The summed E-state index contributed by atoms with van der Waals surface area (Å²) in [5.74, 6) is -0.933. The number of benzene rings is 2. The van der Waals surface area contributed by atoms with E-state index in [0.717, 1.165) is 11.1 Å². The quantitative estimate of drug-likeness (QED) is 0.612. The van der Waals surface area contributed by atoms with Gasteiger partial charge in [0.2, 0.25) is 5.78 Å². The molecule has 1 N–H and O–H groups in total. The number of nitrogens with one attached hydrogen (secondary N) is 1. The minimum Gasteiger partial charge on any atom is -0.456 e. The zero-order chi connectivity index (χ0) is 20.5. The van der Waals surface area contributed by atoms with Crippen molar-refractivity contribution in [3.05, 3.63) is 64.7 Å². The van der Waals surface area contributed by atoms with E-state index in [-0.39, 0.29) is 16.5 Å². The average molecular weight is 400 g/mol. The van der Waals surface area contributed by atoms with Crippen LogP contribution in [0.2, 0.25) is 0 Å². The van der Waals surface area contributed by atoms with Crippen molar-refractivity contribution in [2.24, 2.45) is 4.99 Å². The molecule has 8 heteroatoms. The van der Waals surface area contributed by atoms with Gasteiger partial charge in [-0.2, -0.15) is 0 Å². The zero-order valence-electron chi connectivity index (χ0n) is 15.7. The van der Waals surface area contributed by atoms with Gasteiger partial charge in [0, 0.05) is 11.1 Å². The third-order valence-corrected chi connectivity index (χ3v) is 5.76. The Morgan fingerprint density at radius 1 is 1.14 bits per heavy atom. The monoisotopic (exact) mass is 400 g/mol. The van der Waals surface area contributed by atoms with Crippen molar-refractivity contribution in [3.8, 4) is 0 Å². The van der Waals surface area contributed by atoms with E-state index >= 15 is 0 Å². The molecule has 0 spiro atoms. The van der Waals surface area contributed by atoms with Gasteiger partial charge in [-0.05, 0) is 44.5 Å². The summed E-state index contributed by atoms with van der Waals surface area (Å²) in [6.07, 6.45) is 0. The third-order valence-electron chi connectivity index (χ3n) is 4.37. The summed E-state index contributed by atoms with van der Waals surface area (Å²) in [5.41, 5.74) is 2.64. The molecule has 3 rings (SSSR count). The SMILES string of the molecule is Cc1ccc(C)c(C(=O)COC(=O)[C@@H](C)N=C2NS(=O)(=O)c3ccccc32)c1. The maximum absolute atomic E-state index is 12.3. The first-order valence-corrected chi connectivity index (χ1v) is 10.1. The summed E-state index contributed by atoms with van der Waals surface area (Å²) in [5, 5.41) is 0. The van der Waals surface area contributed by atoms with Gasteiger partial charge in [0.05, 0.1) is 4.90 Å². The van der Waals surface area contributed by atoms with E-state index in [1.165, 1.54) is 13.0 Å². The van der Waals surface area contributed by atoms with Gasteiger partial charge < -0.3 is 4.74 Å². The average Bonchev–Trinajstić information content (AvgIpc) is 2.92. The van der Waals surface area contributed by atoms with E-state index in [2.05, 4.69) is 9.71 Å². The summed E-state index contributed by atoms with van der Waals surface area (Å²) in [6.45, 7) is 4.77. The molecule has 0 amide bonds. The Morgan fingerprint density at radius 3 is 2.61 bits per heavy atom. The predicted octanol–water partition coefficient (Wildman–Crippen LogP) is 2.16. The molecule has 0 unspecified atom stereocenters. The van der Waals surface area contributed by atoms with Crippen molar-refractivity contribution < 1.29 is 22.7 Å². The van der Waals surface area contributed by atoms with Gasteiger partial charge in [-0.1, -0.05) is 29.8 Å². The maximum atomic E-state index is 12.3. The van der Waals surface area contributed by atoms with Crippen LogP contribution in [0.15, 0.2) is 52.4 Å². The number of nitrogens with zero attached hydrogens (tertiary/aromatic N) is 1. The molecule has 0 saturated heterocycles. The molecule has 1 aliphatic rings. The molecule has 2 aromatic rings. The largest absolute Gasteiger partial charge is 0.456 e. The van der Waals surface area contributed by atoms with Gasteiger partial charge in [0.25, 0.3) is 10.0 Å². The lowest BCUT2D eigenvalue weighted by atomic mass is 10.0. The molecule has 0 aromatic heterocycles. The second kappa shape index (κ2) is 7.55. The number of sulfonamides is 1. The van der Waals surface area contributed by atoms with Crippen LogP contribution in [0.25, 0.3) is 0 Å². The Balaban J connectivity index is 1.70. The smallest absolute Gasteiger partial charge is 0.331 e. The van der Waals surface area contributed by atoms with Crippen molar-refractivity contribution in [2.75, 3.05) is 6.61 Å². The van der Waals surface area contributed by atoms with Crippen molar-refractivity contribution in [3.63, 3.8) is 0 Å². The van der Waals surface area contributed by atoms with Gasteiger partial charge in [0.1, 0.15) is 11.9 Å². The topological polar surface area (TPSA) is 102 Å². The summed E-state index contributed by atoms with van der Waals surface area (Å²) in [4.78, 5) is 28.8. The number of aliphatic imine (C=N–C) groups is 1. The maximum Gasteiger partial charge on any atom is 0.331 e. The highest BCUT2D eigenvalue weighted by Crippen LogP contribution is 2.22. The summed E-state index contributed by atoms with van der Waals surface area (Å²) in [6, 6.07) is 10.9. The van der Waals surface area contributed by atoms with E-state index in [1.807, 2.05) is 26.0 Å². The van der Waals surface area contributed by atoms with E-state index in [9.17, 15) is 18.0 Å². The van der Waals surface area contributed by atoms with E-state index < -0.39 is 28.6 Å². The van der Waals surface area contributed by atoms with Gasteiger partial charge in [-0.3, -0.25) is 14.5 Å². The summed E-state index contributed by atoms with van der Waals surface area (Å²) in [7, 11) is -3.68. The van der Waals surface area contributed by atoms with Crippen LogP contribution in [0.1, 0.15) is 34.0 Å². The molecule has 7 nitrogen and oxygen atoms in total. The highest BCUT2D eigenvalue weighted by atomic mass is 32.2. The summed E-state index contributed by atoms with van der Waals surface area (Å²) < 4.78 is 31.6. The van der Waals surface area contributed by atoms with Crippen LogP contribution in [0.3, 0.4) is 0 Å². The Labute approximate surface area is 163 Å². The van der Waals surface area contributed by atoms with Crippen LogP contribution in [-0.2, 0) is 19.6 Å². The molecule has 0 saturated carbocycles. The Bertz CT molecular complexity index is 1090. The van der Waals surface area contributed by atoms with E-state index in [0.29, 0.717) is 11.1 Å². The number of esters is 1. The standard InChI is InChI=1S/C20H20N2O5S/c1-12-8-9-13(2)16(10-12)17(23)11-27-20(24)14(3)21-19-15-6-4-5-7-18(15)28(25,26)22-19/h4-10,14H,11H2,1-3H3,(H,21,22)/t14-/m1/s1. The van der Waals surface area contributed by atoms with Crippen LogP contribution < -0.4 is 4.72 Å². The molecule has 1 atom stereocenters. The highest BCUT2D eigenvalue weighted by molar-refractivity contribution is 7.90. The lowest BCUT2D eigenvalue weighted by Crippen LogP contribution is -2.27. The third kappa shape index (κ3) is 3.96. The number of aryl methyl sites for hydroxylation is 2. The lowest BCUT2D eigenvalue weighted by Gasteiger charge is -2.10. The number of hydrogen-bond donors (Lipinski definition) is 1. The molecule has 0 radical (unpaired) electrons. The van der Waals surface area contributed by atoms with Crippen LogP contribution >= 0.6 is 0 Å². The molecule has 0 bridgehead atoms. The van der Waals surface area contributed by atoms with Crippen LogP contribution in [0, 0.1) is 13.8 Å². The van der Waals surface area contributed by atoms with Gasteiger partial charge >= 0.3 is 5.97 Å². The number of amidine groups is 1. The van der Waals surface area contributed by atoms with Crippen molar-refractivity contribution in [1.82, 2.24) is 4.72 Å². The van der Waals surface area contributed by atoms with Crippen LogP contribution in [0.4, 0.5) is 0 Å². The Kier molecular flexibility index (Phi) is 5.33. The lowest BCUT2D eigenvalue weighted by molar-refractivity contribution is -0.143. The fraction of sp³-hybridized carbons (Fsp3) is 0.250. The number of carbonyl (C=O) groups excluding carboxylic acids is 2. The molecule has 0 aliphatic carbocycles. The fourth-order valence-electron chi connectivity index (χ4n) is 2.85. The number of ketones is 1. The van der Waals surface area contributed by atoms with Gasteiger partial charge in [-0.15, -0.1) is 0 Å². The number of rotatable bonds is 5. The first kappa shape index (κ1) is 19.8. The second-order valence-electron chi connectivity index (χ2n) is 6.60. The number of carbonyl (C=O) groups is 2. The molecular formula is C20H20N2O5S. The first-order chi connectivity index (χ1) is 13.2. The van der Waals surface area contributed by atoms with E-state index in [1.54, 1.807) is 24.3 Å². The Hall–Kier alpha value is -3.00. The van der Waals surface area contributed by atoms with Crippen LogP contribution in [-0.4, -0.2) is 38.7 Å². The molecule has 28 heavy (non-hydrogen) atoms. The van der Waals surface area contributed by atoms with Gasteiger partial charge in [-0.25, -0.2) is 13.2 Å². The molecule has 1 heterocycles. The minimum absolute atomic E-state index is 0.0842. The second-order valence-corrected chi connectivity index (χ2v) is 8.26. The van der Waals surface area contributed by atoms with E-state index in [4.69, 9.17) is 4.74 Å². The highest BCUT2D eigenvalue weighted by Gasteiger charge is 2.31. The fourth-order valence-corrected chi connectivity index (χ4v) is 4.09. The number of hydrogen-bond acceptors (Lipinski definition) is 6. The predicted molar refractivity (Wildman–Crippen MR) is 104 cm³/mol. The molecule has 1 aliphatic heterocycles. The molecule has 0 fully saturated rings. The first-order valence-electron chi connectivity index (χ1n) is 8.66. The van der Waals surface area contributed by atoms with Crippen molar-refractivity contribution in [2.45, 2.75) is 31.7 Å². The summed E-state index contributed by atoms with van der Waals surface area (Å²) >= 11 is 0. The number of fused-ring (bicyclic) bond motifs is 1. The molecule has 2 aromatic carbocycles. The van der Waals surface area contributed by atoms with Crippen LogP contribution in [0.5, 0.6) is 0 Å². The number of Topliss-reactive ketones (excluding diaryl/α,β-unsaturated/α-hetero) is 1.